The number of likely N-dealkylation sites (tertiary alicyclic amines) is 1. The highest BCUT2D eigenvalue weighted by atomic mass is 32.2. The second kappa shape index (κ2) is 9.62. The van der Waals surface area contributed by atoms with Crippen LogP contribution in [-0.2, 0) is 10.5 Å². The van der Waals surface area contributed by atoms with Crippen LogP contribution < -0.4 is 4.74 Å². The Balaban J connectivity index is 1.43. The number of thioether (sulfide) groups is 2. The van der Waals surface area contributed by atoms with Crippen molar-refractivity contribution in [1.82, 2.24) is 15.1 Å². The van der Waals surface area contributed by atoms with Crippen molar-refractivity contribution in [3.05, 3.63) is 29.8 Å². The normalized spacial score (nSPS) is 15.2. The number of hydrogen-bond donors (Lipinski definition) is 0. The third-order valence-electron chi connectivity index (χ3n) is 4.36. The number of rotatable bonds is 7. The highest BCUT2D eigenvalue weighted by molar-refractivity contribution is 8.03. The summed E-state index contributed by atoms with van der Waals surface area (Å²) in [5.41, 5.74) is 1.22. The Morgan fingerprint density at radius 1 is 1.19 bits per heavy atom. The highest BCUT2D eigenvalue weighted by Gasteiger charge is 2.20. The highest BCUT2D eigenvalue weighted by Crippen LogP contribution is 2.31. The van der Waals surface area contributed by atoms with Crippen molar-refractivity contribution < 1.29 is 9.53 Å². The molecule has 3 rings (SSSR count). The van der Waals surface area contributed by atoms with Gasteiger partial charge < -0.3 is 9.64 Å². The zero-order valence-corrected chi connectivity index (χ0v) is 17.5. The smallest absolute Gasteiger partial charge is 0.233 e. The van der Waals surface area contributed by atoms with Crippen molar-refractivity contribution in [3.8, 4) is 5.75 Å². The lowest BCUT2D eigenvalue weighted by Crippen LogP contribution is -2.38. The van der Waals surface area contributed by atoms with E-state index >= 15 is 0 Å². The molecule has 1 saturated heterocycles. The molecule has 0 bridgehead atoms. The number of aromatic nitrogens is 2. The SMILES string of the molecule is COc1ccc(CSc2nnc(SCC(=O)N3CCC(C)CC3)s2)cc1. The van der Waals surface area contributed by atoms with E-state index in [4.69, 9.17) is 4.74 Å². The molecule has 26 heavy (non-hydrogen) atoms. The Morgan fingerprint density at radius 3 is 2.50 bits per heavy atom. The molecule has 5 nitrogen and oxygen atoms in total. The first-order chi connectivity index (χ1) is 12.6. The number of piperidine rings is 1. The van der Waals surface area contributed by atoms with Crippen molar-refractivity contribution in [2.45, 2.75) is 34.2 Å². The molecule has 0 radical (unpaired) electrons. The molecule has 0 N–H and O–H groups in total. The maximum atomic E-state index is 12.3. The van der Waals surface area contributed by atoms with Gasteiger partial charge in [0.05, 0.1) is 12.9 Å². The number of amides is 1. The first kappa shape index (κ1) is 19.5. The predicted molar refractivity (Wildman–Crippen MR) is 108 cm³/mol. The van der Waals surface area contributed by atoms with Crippen LogP contribution in [0.3, 0.4) is 0 Å². The summed E-state index contributed by atoms with van der Waals surface area (Å²) in [5.74, 6) is 3.10. The molecule has 1 amide bonds. The Labute approximate surface area is 166 Å². The lowest BCUT2D eigenvalue weighted by atomic mass is 9.99. The van der Waals surface area contributed by atoms with Crippen molar-refractivity contribution in [1.29, 1.82) is 0 Å². The molecule has 0 spiro atoms. The molecule has 2 aromatic rings. The van der Waals surface area contributed by atoms with E-state index in [1.807, 2.05) is 17.0 Å². The fourth-order valence-corrected chi connectivity index (χ4v) is 5.53. The fraction of sp³-hybridized carbons (Fsp3) is 0.500. The average molecular weight is 410 g/mol. The molecule has 0 aliphatic carbocycles. The van der Waals surface area contributed by atoms with E-state index in [2.05, 4.69) is 29.3 Å². The Bertz CT molecular complexity index is 713. The van der Waals surface area contributed by atoms with Crippen LogP contribution in [0, 0.1) is 5.92 Å². The summed E-state index contributed by atoms with van der Waals surface area (Å²) in [6.07, 6.45) is 2.22. The van der Waals surface area contributed by atoms with E-state index in [1.165, 1.54) is 17.3 Å². The maximum Gasteiger partial charge on any atom is 0.233 e. The zero-order valence-electron chi connectivity index (χ0n) is 15.0. The lowest BCUT2D eigenvalue weighted by molar-refractivity contribution is -0.129. The minimum absolute atomic E-state index is 0.213. The standard InChI is InChI=1S/C18H23N3O2S3/c1-13-7-9-21(10-8-13)16(22)12-25-18-20-19-17(26-18)24-11-14-3-5-15(23-2)6-4-14/h3-6,13H,7-12H2,1-2H3. The third kappa shape index (κ3) is 5.62. The molecule has 1 aliphatic heterocycles. The van der Waals surface area contributed by atoms with Crippen molar-refractivity contribution >= 4 is 40.8 Å². The summed E-state index contributed by atoms with van der Waals surface area (Å²) in [6.45, 7) is 4.03. The Kier molecular flexibility index (Phi) is 7.22. The number of benzene rings is 1. The van der Waals surface area contributed by atoms with Crippen molar-refractivity contribution in [2.75, 3.05) is 26.0 Å². The summed E-state index contributed by atoms with van der Waals surface area (Å²) < 4.78 is 6.96. The van der Waals surface area contributed by atoms with Gasteiger partial charge in [-0.3, -0.25) is 4.79 Å². The van der Waals surface area contributed by atoms with Gasteiger partial charge in [-0.2, -0.15) is 0 Å². The monoisotopic (exact) mass is 409 g/mol. The molecule has 8 heteroatoms. The molecule has 1 fully saturated rings. The minimum atomic E-state index is 0.213. The van der Waals surface area contributed by atoms with Gasteiger partial charge in [-0.25, -0.2) is 0 Å². The van der Waals surface area contributed by atoms with Crippen LogP contribution in [0.4, 0.5) is 0 Å². The van der Waals surface area contributed by atoms with E-state index in [9.17, 15) is 4.79 Å². The zero-order chi connectivity index (χ0) is 18.4. The Hall–Kier alpha value is -1.25. The third-order valence-corrected chi connectivity index (χ3v) is 7.61. The van der Waals surface area contributed by atoms with Gasteiger partial charge in [0, 0.05) is 18.8 Å². The van der Waals surface area contributed by atoms with Gasteiger partial charge >= 0.3 is 0 Å². The number of ether oxygens (including phenoxy) is 1. The molecule has 140 valence electrons. The molecule has 1 aromatic carbocycles. The first-order valence-corrected chi connectivity index (χ1v) is 11.4. The van der Waals surface area contributed by atoms with Gasteiger partial charge in [0.2, 0.25) is 5.91 Å². The van der Waals surface area contributed by atoms with Crippen molar-refractivity contribution in [2.24, 2.45) is 5.92 Å². The summed E-state index contributed by atoms with van der Waals surface area (Å²) in [6, 6.07) is 8.04. The molecule has 0 unspecified atom stereocenters. The molecule has 1 aliphatic rings. The molecule has 0 atom stereocenters. The largest absolute Gasteiger partial charge is 0.497 e. The lowest BCUT2D eigenvalue weighted by Gasteiger charge is -2.30. The van der Waals surface area contributed by atoms with Gasteiger partial charge in [0.15, 0.2) is 8.68 Å². The number of carbonyl (C=O) groups is 1. The molecule has 1 aromatic heterocycles. The number of methoxy groups -OCH3 is 1. The summed E-state index contributed by atoms with van der Waals surface area (Å²) in [7, 11) is 1.67. The summed E-state index contributed by atoms with van der Waals surface area (Å²) in [5, 5.41) is 8.43. The molecular weight excluding hydrogens is 386 g/mol. The molecule has 2 heterocycles. The van der Waals surface area contributed by atoms with Crippen LogP contribution in [0.25, 0.3) is 0 Å². The van der Waals surface area contributed by atoms with Crippen LogP contribution >= 0.6 is 34.9 Å². The van der Waals surface area contributed by atoms with Gasteiger partial charge in [-0.15, -0.1) is 10.2 Å². The van der Waals surface area contributed by atoms with Gasteiger partial charge in [0.1, 0.15) is 5.75 Å². The number of hydrogen-bond acceptors (Lipinski definition) is 7. The minimum Gasteiger partial charge on any atom is -0.497 e. The first-order valence-electron chi connectivity index (χ1n) is 8.64. The van der Waals surface area contributed by atoms with E-state index in [1.54, 1.807) is 30.2 Å². The predicted octanol–water partition coefficient (Wildman–Crippen LogP) is 4.19. The fourth-order valence-electron chi connectivity index (χ4n) is 2.65. The van der Waals surface area contributed by atoms with Crippen LogP contribution in [0.2, 0.25) is 0 Å². The molecule has 0 saturated carbocycles. The second-order valence-corrected chi connectivity index (χ2v) is 9.75. The quantitative estimate of drug-likeness (QED) is 0.639. The van der Waals surface area contributed by atoms with Crippen molar-refractivity contribution in [3.63, 3.8) is 0 Å². The van der Waals surface area contributed by atoms with Gasteiger partial charge in [-0.05, 0) is 36.5 Å². The Morgan fingerprint density at radius 2 is 1.85 bits per heavy atom. The van der Waals surface area contributed by atoms with Crippen LogP contribution in [0.1, 0.15) is 25.3 Å². The maximum absolute atomic E-state index is 12.3. The van der Waals surface area contributed by atoms with Gasteiger partial charge in [-0.1, -0.05) is 53.9 Å². The topological polar surface area (TPSA) is 55.3 Å². The summed E-state index contributed by atoms with van der Waals surface area (Å²) >= 11 is 4.72. The van der Waals surface area contributed by atoms with E-state index in [0.717, 1.165) is 52.0 Å². The van der Waals surface area contributed by atoms with Crippen LogP contribution in [0.15, 0.2) is 32.9 Å². The van der Waals surface area contributed by atoms with Crippen LogP contribution in [0.5, 0.6) is 5.75 Å². The summed E-state index contributed by atoms with van der Waals surface area (Å²) in [4.78, 5) is 14.3. The number of carbonyl (C=O) groups excluding carboxylic acids is 1. The van der Waals surface area contributed by atoms with Gasteiger partial charge in [0.25, 0.3) is 0 Å². The van der Waals surface area contributed by atoms with E-state index < -0.39 is 0 Å². The molecular formula is C18H23N3O2S3. The second-order valence-electron chi connectivity index (χ2n) is 6.32. The van der Waals surface area contributed by atoms with E-state index in [0.29, 0.717) is 5.75 Å². The average Bonchev–Trinajstić information content (AvgIpc) is 3.13. The van der Waals surface area contributed by atoms with E-state index in [-0.39, 0.29) is 5.91 Å². The van der Waals surface area contributed by atoms with Crippen LogP contribution in [-0.4, -0.2) is 47.0 Å². The number of nitrogens with zero attached hydrogens (tertiary/aromatic N) is 3.